The van der Waals surface area contributed by atoms with Crippen LogP contribution in [0.1, 0.15) is 41.7 Å². The van der Waals surface area contributed by atoms with Gasteiger partial charge in [-0.3, -0.25) is 9.59 Å². The van der Waals surface area contributed by atoms with Crippen LogP contribution in [0.4, 0.5) is 10.2 Å². The van der Waals surface area contributed by atoms with Gasteiger partial charge in [0, 0.05) is 41.5 Å². The second kappa shape index (κ2) is 9.92. The summed E-state index contributed by atoms with van der Waals surface area (Å²) >= 11 is 0. The molecule has 1 saturated heterocycles. The number of benzene rings is 2. The molecule has 3 heterocycles. The normalized spacial score (nSPS) is 14.8. The Hall–Kier alpha value is -4.64. The molecule has 1 fully saturated rings. The molecule has 178 valence electrons. The Morgan fingerprint density at radius 2 is 1.92 bits per heavy atom. The number of halogens is 1. The fourth-order valence-electron chi connectivity index (χ4n) is 4.54. The number of nitrogens with zero attached hydrogens (tertiary/aromatic N) is 4. The largest absolute Gasteiger partial charge is 0.325 e. The topological polar surface area (TPSA) is 88.1 Å². The number of anilines is 1. The van der Waals surface area contributed by atoms with Crippen molar-refractivity contribution in [3.63, 3.8) is 0 Å². The van der Waals surface area contributed by atoms with Gasteiger partial charge >= 0.3 is 0 Å². The average molecular weight is 480 g/mol. The molecule has 0 radical (unpaired) electrons. The highest BCUT2D eigenvalue weighted by Gasteiger charge is 2.31. The van der Waals surface area contributed by atoms with Crippen LogP contribution >= 0.6 is 0 Å². The molecule has 1 unspecified atom stereocenters. The molecule has 1 aliphatic rings. The number of carbonyl (C=O) groups is 2. The van der Waals surface area contributed by atoms with Gasteiger partial charge in [0.15, 0.2) is 0 Å². The van der Waals surface area contributed by atoms with Crippen molar-refractivity contribution in [3.8, 4) is 23.0 Å². The van der Waals surface area contributed by atoms with E-state index in [-0.39, 0.29) is 23.7 Å². The van der Waals surface area contributed by atoms with Crippen molar-refractivity contribution >= 4 is 28.5 Å². The minimum Gasteiger partial charge on any atom is -0.325 e. The van der Waals surface area contributed by atoms with Gasteiger partial charge in [0.25, 0.3) is 11.8 Å². The maximum Gasteiger partial charge on any atom is 0.298 e. The van der Waals surface area contributed by atoms with E-state index in [0.717, 1.165) is 46.5 Å². The molecule has 2 amide bonds. The van der Waals surface area contributed by atoms with Crippen LogP contribution in [0, 0.1) is 17.7 Å². The van der Waals surface area contributed by atoms with Crippen molar-refractivity contribution in [3.05, 3.63) is 84.2 Å². The molecule has 1 atom stereocenters. The number of nitrogens with one attached hydrogen (secondary N) is 1. The fourth-order valence-corrected chi connectivity index (χ4v) is 4.54. The maximum absolute atomic E-state index is 13.4. The minimum atomic E-state index is -0.476. The molecule has 0 aliphatic carbocycles. The van der Waals surface area contributed by atoms with Crippen LogP contribution in [-0.4, -0.2) is 38.2 Å². The molecule has 1 aliphatic heterocycles. The second-order valence-corrected chi connectivity index (χ2v) is 8.45. The molecule has 2 aromatic carbocycles. The van der Waals surface area contributed by atoms with E-state index in [1.165, 1.54) is 18.6 Å². The first-order valence-corrected chi connectivity index (χ1v) is 11.5. The number of hydrogen-bond donors (Lipinski definition) is 1. The molecule has 0 saturated carbocycles. The number of rotatable bonds is 4. The van der Waals surface area contributed by atoms with Crippen molar-refractivity contribution < 1.29 is 14.0 Å². The first kappa shape index (κ1) is 23.1. The highest BCUT2D eigenvalue weighted by molar-refractivity contribution is 6.04. The molecular formula is C28H22FN5O2. The quantitative estimate of drug-likeness (QED) is 0.426. The third-order valence-electron chi connectivity index (χ3n) is 6.18. The Kier molecular flexibility index (Phi) is 6.37. The number of carbonyl (C=O) groups excluding carboxylic acids is 2. The van der Waals surface area contributed by atoms with Gasteiger partial charge in [0.1, 0.15) is 18.0 Å². The first-order valence-electron chi connectivity index (χ1n) is 11.5. The summed E-state index contributed by atoms with van der Waals surface area (Å²) in [4.78, 5) is 39.7. The zero-order valence-electron chi connectivity index (χ0n) is 19.5. The Balaban J connectivity index is 1.47. The second-order valence-electron chi connectivity index (χ2n) is 8.45. The highest BCUT2D eigenvalue weighted by Crippen LogP contribution is 2.38. The summed E-state index contributed by atoms with van der Waals surface area (Å²) in [5.74, 6) is 4.46. The SMILES string of the molecule is CC#CC(=O)N1CCCC1c1cc(-c2ccc(C(=O)Nc3cc(F)ccn3)cc2)cc2cncnc12. The molecule has 2 aromatic heterocycles. The Bertz CT molecular complexity index is 1520. The van der Waals surface area contributed by atoms with E-state index in [2.05, 4.69) is 38.2 Å². The zero-order valence-corrected chi connectivity index (χ0v) is 19.5. The van der Waals surface area contributed by atoms with E-state index in [1.807, 2.05) is 23.1 Å². The summed E-state index contributed by atoms with van der Waals surface area (Å²) in [6.45, 7) is 2.31. The lowest BCUT2D eigenvalue weighted by atomic mass is 9.94. The lowest BCUT2D eigenvalue weighted by Crippen LogP contribution is -2.29. The molecule has 1 N–H and O–H groups in total. The number of amides is 2. The Morgan fingerprint density at radius 3 is 2.69 bits per heavy atom. The number of hydrogen-bond acceptors (Lipinski definition) is 5. The van der Waals surface area contributed by atoms with E-state index < -0.39 is 5.82 Å². The minimum absolute atomic E-state index is 0.125. The molecular weight excluding hydrogens is 457 g/mol. The molecule has 8 heteroatoms. The average Bonchev–Trinajstić information content (AvgIpc) is 3.38. The molecule has 0 spiro atoms. The van der Waals surface area contributed by atoms with Crippen LogP contribution in [0.5, 0.6) is 0 Å². The lowest BCUT2D eigenvalue weighted by molar-refractivity contribution is -0.125. The van der Waals surface area contributed by atoms with Gasteiger partial charge in [-0.25, -0.2) is 19.3 Å². The van der Waals surface area contributed by atoms with Crippen molar-refractivity contribution in [2.75, 3.05) is 11.9 Å². The van der Waals surface area contributed by atoms with Crippen LogP contribution < -0.4 is 5.32 Å². The summed E-state index contributed by atoms with van der Waals surface area (Å²) in [7, 11) is 0. The van der Waals surface area contributed by atoms with Gasteiger partial charge in [0.05, 0.1) is 11.6 Å². The van der Waals surface area contributed by atoms with Crippen molar-refractivity contribution in [2.24, 2.45) is 0 Å². The number of aromatic nitrogens is 3. The number of pyridine rings is 1. The summed E-state index contributed by atoms with van der Waals surface area (Å²) in [5, 5.41) is 3.46. The smallest absolute Gasteiger partial charge is 0.298 e. The molecule has 7 nitrogen and oxygen atoms in total. The summed E-state index contributed by atoms with van der Waals surface area (Å²) in [6.07, 6.45) is 6.29. The lowest BCUT2D eigenvalue weighted by Gasteiger charge is -2.24. The third-order valence-corrected chi connectivity index (χ3v) is 6.18. The van der Waals surface area contributed by atoms with Crippen LogP contribution in [0.25, 0.3) is 22.0 Å². The molecule has 5 rings (SSSR count). The van der Waals surface area contributed by atoms with E-state index in [0.29, 0.717) is 12.1 Å². The van der Waals surface area contributed by atoms with Gasteiger partial charge in [0.2, 0.25) is 0 Å². The van der Waals surface area contributed by atoms with Crippen molar-refractivity contribution in [1.29, 1.82) is 0 Å². The van der Waals surface area contributed by atoms with E-state index in [1.54, 1.807) is 25.3 Å². The highest BCUT2D eigenvalue weighted by atomic mass is 19.1. The number of likely N-dealkylation sites (tertiary alicyclic amines) is 1. The van der Waals surface area contributed by atoms with Gasteiger partial charge in [-0.2, -0.15) is 0 Å². The van der Waals surface area contributed by atoms with Gasteiger partial charge in [-0.15, -0.1) is 0 Å². The zero-order chi connectivity index (χ0) is 25.1. The first-order chi connectivity index (χ1) is 17.5. The molecule has 0 bridgehead atoms. The van der Waals surface area contributed by atoms with Crippen LogP contribution in [0.3, 0.4) is 0 Å². The third kappa shape index (κ3) is 4.64. The maximum atomic E-state index is 13.4. The van der Waals surface area contributed by atoms with Crippen molar-refractivity contribution in [1.82, 2.24) is 19.9 Å². The Morgan fingerprint density at radius 1 is 1.08 bits per heavy atom. The van der Waals surface area contributed by atoms with Crippen molar-refractivity contribution in [2.45, 2.75) is 25.8 Å². The van der Waals surface area contributed by atoms with Crippen LogP contribution in [-0.2, 0) is 4.79 Å². The van der Waals surface area contributed by atoms with Gasteiger partial charge < -0.3 is 10.2 Å². The standard InChI is InChI=1S/C28H22FN5O2/c1-2-4-26(35)34-12-3-5-24(34)23-14-20(13-21-16-30-17-32-27(21)23)18-6-8-19(9-7-18)28(36)33-25-15-22(29)10-11-31-25/h6-11,13-17,24H,3,5,12H2,1H3,(H,31,33,36). The number of fused-ring (bicyclic) bond motifs is 1. The molecule has 4 aromatic rings. The summed E-state index contributed by atoms with van der Waals surface area (Å²) in [5.41, 5.74) is 3.99. The fraction of sp³-hybridized carbons (Fsp3) is 0.179. The van der Waals surface area contributed by atoms with E-state index in [9.17, 15) is 14.0 Å². The Labute approximate surface area is 207 Å². The predicted octanol–water partition coefficient (Wildman–Crippen LogP) is 4.77. The van der Waals surface area contributed by atoms with Crippen LogP contribution in [0.2, 0.25) is 0 Å². The van der Waals surface area contributed by atoms with Gasteiger partial charge in [-0.05, 0) is 67.1 Å². The molecule has 36 heavy (non-hydrogen) atoms. The monoisotopic (exact) mass is 479 g/mol. The van der Waals surface area contributed by atoms with Crippen LogP contribution in [0.15, 0.2) is 67.3 Å². The van der Waals surface area contributed by atoms with Gasteiger partial charge in [-0.1, -0.05) is 18.1 Å². The van der Waals surface area contributed by atoms with E-state index in [4.69, 9.17) is 0 Å². The van der Waals surface area contributed by atoms with E-state index >= 15 is 0 Å². The predicted molar refractivity (Wildman–Crippen MR) is 134 cm³/mol. The summed E-state index contributed by atoms with van der Waals surface area (Å²) < 4.78 is 13.4. The summed E-state index contributed by atoms with van der Waals surface area (Å²) in [6, 6.07) is 13.4.